The highest BCUT2D eigenvalue weighted by molar-refractivity contribution is 6.09. The summed E-state index contributed by atoms with van der Waals surface area (Å²) >= 11 is 0. The average molecular weight is 1100 g/mol. The molecule has 1 unspecified atom stereocenters. The highest BCUT2D eigenvalue weighted by Gasteiger charge is 2.50. The summed E-state index contributed by atoms with van der Waals surface area (Å²) < 4.78 is 115. The molecule has 2 fully saturated rings. The third kappa shape index (κ3) is 12.0. The van der Waals surface area contributed by atoms with Crippen molar-refractivity contribution in [2.75, 3.05) is 61.8 Å². The van der Waals surface area contributed by atoms with Crippen molar-refractivity contribution in [2.45, 2.75) is 123 Å². The fourth-order valence-corrected chi connectivity index (χ4v) is 10.4. The van der Waals surface area contributed by atoms with Crippen molar-refractivity contribution in [3.8, 4) is 34.8 Å². The number of nitrogens with zero attached hydrogens (tertiary/aromatic N) is 9. The molecule has 420 valence electrons. The van der Waals surface area contributed by atoms with E-state index in [-0.39, 0.29) is 91.7 Å². The number of carbonyl (C=O) groups excluding carboxylic acids is 2. The number of pyridine rings is 3. The van der Waals surface area contributed by atoms with Crippen molar-refractivity contribution in [3.63, 3.8) is 0 Å². The van der Waals surface area contributed by atoms with E-state index in [0.717, 1.165) is 17.5 Å². The van der Waals surface area contributed by atoms with Crippen LogP contribution in [0, 0.1) is 12.7 Å². The van der Waals surface area contributed by atoms with E-state index in [1.165, 1.54) is 33.4 Å². The predicted octanol–water partition coefficient (Wildman–Crippen LogP) is 11.8. The van der Waals surface area contributed by atoms with Gasteiger partial charge in [-0.05, 0) is 128 Å². The second-order valence-electron chi connectivity index (χ2n) is 22.0. The number of anilines is 3. The van der Waals surface area contributed by atoms with Gasteiger partial charge in [0.15, 0.2) is 11.6 Å². The van der Waals surface area contributed by atoms with Gasteiger partial charge in [0.05, 0.1) is 37.9 Å². The summed E-state index contributed by atoms with van der Waals surface area (Å²) in [4.78, 5) is 57.4. The van der Waals surface area contributed by atoms with E-state index >= 15 is 22.0 Å². The number of hydrogen-bond acceptors (Lipinski definition) is 16. The number of amides is 2. The molecule has 0 aliphatic carbocycles. The first kappa shape index (κ1) is 56.1. The number of aryl methyl sites for hydroxylation is 1. The van der Waals surface area contributed by atoms with Crippen LogP contribution >= 0.6 is 0 Å². The van der Waals surface area contributed by atoms with Gasteiger partial charge in [-0.1, -0.05) is 30.3 Å². The third-order valence-corrected chi connectivity index (χ3v) is 14.0. The van der Waals surface area contributed by atoms with Crippen LogP contribution in [0.5, 0.6) is 23.4 Å². The van der Waals surface area contributed by atoms with Gasteiger partial charge in [0, 0.05) is 37.8 Å². The SMILES string of the molecule is COc1ccc(CN(Cc2ccc(OC)cc2)c2cc(C)c(C(F)(F)F)c(-c3nc4c5c(nc(OC[C@@]67CCCN6C[C@H](F)C7)nc5c3F)N(C(C)c3cccnc3N(C(=O)OC(C)(C)C)C(=O)OC(C)(C)C)CCO4)n2)cc1. The lowest BCUT2D eigenvalue weighted by molar-refractivity contribution is -0.137. The number of carbonyl (C=O) groups is 2. The Kier molecular flexibility index (Phi) is 15.6. The molecule has 17 nitrogen and oxygen atoms in total. The van der Waals surface area contributed by atoms with Crippen LogP contribution in [0.25, 0.3) is 22.3 Å². The number of halogens is 5. The Morgan fingerprint density at radius 3 is 2.05 bits per heavy atom. The van der Waals surface area contributed by atoms with Crippen LogP contribution in [0.3, 0.4) is 0 Å². The summed E-state index contributed by atoms with van der Waals surface area (Å²) in [6.45, 7) is 13.7. The van der Waals surface area contributed by atoms with Gasteiger partial charge in [0.25, 0.3) is 0 Å². The lowest BCUT2D eigenvalue weighted by Gasteiger charge is -2.33. The largest absolute Gasteiger partial charge is 0.497 e. The maximum atomic E-state index is 18.2. The predicted molar refractivity (Wildman–Crippen MR) is 285 cm³/mol. The molecule has 79 heavy (non-hydrogen) atoms. The quantitative estimate of drug-likeness (QED) is 0.0944. The topological polar surface area (TPSA) is 167 Å². The van der Waals surface area contributed by atoms with Crippen molar-refractivity contribution in [1.29, 1.82) is 0 Å². The van der Waals surface area contributed by atoms with Crippen LogP contribution in [0.15, 0.2) is 72.9 Å². The van der Waals surface area contributed by atoms with Gasteiger partial charge in [-0.15, -0.1) is 0 Å². The molecule has 0 saturated carbocycles. The summed E-state index contributed by atoms with van der Waals surface area (Å²) in [5.41, 5.74) is -4.60. The normalized spacial score (nSPS) is 17.9. The van der Waals surface area contributed by atoms with E-state index in [0.29, 0.717) is 29.4 Å². The molecule has 0 N–H and O–H groups in total. The lowest BCUT2D eigenvalue weighted by atomic mass is 9.95. The Hall–Kier alpha value is -7.62. The van der Waals surface area contributed by atoms with E-state index in [4.69, 9.17) is 33.4 Å². The zero-order valence-corrected chi connectivity index (χ0v) is 45.8. The molecule has 0 spiro atoms. The molecule has 2 aromatic carbocycles. The molecule has 3 aliphatic heterocycles. The summed E-state index contributed by atoms with van der Waals surface area (Å²) in [7, 11) is 3.08. The Bertz CT molecular complexity index is 3150. The van der Waals surface area contributed by atoms with Gasteiger partial charge in [0.1, 0.15) is 76.0 Å². The maximum absolute atomic E-state index is 18.2. The van der Waals surface area contributed by atoms with E-state index in [1.54, 1.807) is 94.7 Å². The molecule has 9 rings (SSSR count). The number of alkyl halides is 4. The first-order valence-corrected chi connectivity index (χ1v) is 26.0. The minimum atomic E-state index is -5.06. The van der Waals surface area contributed by atoms with Crippen molar-refractivity contribution in [1.82, 2.24) is 29.8 Å². The molecule has 0 radical (unpaired) electrons. The van der Waals surface area contributed by atoms with Gasteiger partial charge in [-0.3, -0.25) is 4.90 Å². The molecule has 3 aliphatic rings. The number of hydrogen-bond donors (Lipinski definition) is 0. The molecule has 4 aromatic heterocycles. The van der Waals surface area contributed by atoms with Crippen molar-refractivity contribution >= 4 is 40.5 Å². The minimum Gasteiger partial charge on any atom is -0.497 e. The lowest BCUT2D eigenvalue weighted by Crippen LogP contribution is -2.45. The first-order valence-electron chi connectivity index (χ1n) is 26.0. The van der Waals surface area contributed by atoms with Crippen LogP contribution in [0.4, 0.5) is 49.0 Å². The number of methoxy groups -OCH3 is 2. The number of fused-ring (bicyclic) bond motifs is 1. The highest BCUT2D eigenvalue weighted by Crippen LogP contribution is 2.47. The Morgan fingerprint density at radius 1 is 0.848 bits per heavy atom. The van der Waals surface area contributed by atoms with E-state index < -0.39 is 75.6 Å². The van der Waals surface area contributed by atoms with Crippen molar-refractivity contribution in [2.24, 2.45) is 0 Å². The molecular weight excluding hydrogens is 1030 g/mol. The molecule has 0 bridgehead atoms. The zero-order valence-electron chi connectivity index (χ0n) is 45.8. The number of benzene rings is 2. The van der Waals surface area contributed by atoms with Crippen LogP contribution in [0.2, 0.25) is 0 Å². The van der Waals surface area contributed by atoms with Gasteiger partial charge in [-0.25, -0.2) is 33.3 Å². The summed E-state index contributed by atoms with van der Waals surface area (Å²) in [5, 5.41) is -0.119. The molecule has 22 heteroatoms. The second-order valence-corrected chi connectivity index (χ2v) is 22.0. The molecule has 2 amide bonds. The van der Waals surface area contributed by atoms with E-state index in [1.807, 2.05) is 29.2 Å². The average Bonchev–Trinajstić information content (AvgIpc) is 3.85. The monoisotopic (exact) mass is 1100 g/mol. The Morgan fingerprint density at radius 2 is 1.47 bits per heavy atom. The minimum absolute atomic E-state index is 0.0106. The summed E-state index contributed by atoms with van der Waals surface area (Å²) in [5.74, 6) is -0.469. The standard InChI is InChI=1S/C57H64F5N9O8/c1-33-27-41(68(29-35-14-18-38(74-9)19-15-35)30-36-16-20-39(75-10)21-17-36)64-46(43(33)57(60,61)62)47-44(59)45-42-49(67-51(66-45)77-32-56-22-12-24-69(56)31-37(58)28-56)70(25-26-76-50(42)65-47)34(2)40-13-11-23-63-48(40)71(52(72)78-54(3,4)5)53(73)79-55(6,7)8/h11,13-21,23,27,34,37H,12,22,24-26,28-32H2,1-10H3/t34?,37-,56+/m1/s1. The molecule has 2 saturated heterocycles. The summed E-state index contributed by atoms with van der Waals surface area (Å²) in [6, 6.07) is 17.7. The molecular formula is C57H64F5N9O8. The third-order valence-electron chi connectivity index (χ3n) is 14.0. The van der Waals surface area contributed by atoms with Gasteiger partial charge >= 0.3 is 24.4 Å². The van der Waals surface area contributed by atoms with Crippen LogP contribution in [-0.2, 0) is 28.7 Å². The fourth-order valence-electron chi connectivity index (χ4n) is 10.4. The van der Waals surface area contributed by atoms with E-state index in [2.05, 4.69) is 19.9 Å². The number of aromatic nitrogens is 5. The number of imide groups is 1. The van der Waals surface area contributed by atoms with E-state index in [9.17, 15) is 9.59 Å². The number of ether oxygens (including phenoxy) is 6. The molecule has 6 aromatic rings. The fraction of sp³-hybridized carbons (Fsp3) is 0.456. The maximum Gasteiger partial charge on any atom is 0.425 e. The Balaban J connectivity index is 1.22. The van der Waals surface area contributed by atoms with Crippen LogP contribution < -0.4 is 33.6 Å². The van der Waals surface area contributed by atoms with Crippen LogP contribution in [0.1, 0.15) is 102 Å². The molecule has 3 atom stereocenters. The smallest absolute Gasteiger partial charge is 0.425 e. The molecule has 7 heterocycles. The van der Waals surface area contributed by atoms with Crippen molar-refractivity contribution in [3.05, 3.63) is 107 Å². The van der Waals surface area contributed by atoms with Gasteiger partial charge in [0.2, 0.25) is 5.88 Å². The van der Waals surface area contributed by atoms with Gasteiger partial charge < -0.3 is 38.2 Å². The number of rotatable bonds is 14. The van der Waals surface area contributed by atoms with Crippen molar-refractivity contribution < 1.29 is 60.0 Å². The highest BCUT2D eigenvalue weighted by atomic mass is 19.4. The second kappa shape index (κ2) is 21.9. The zero-order chi connectivity index (χ0) is 56.8. The Labute approximate surface area is 455 Å². The van der Waals surface area contributed by atoms with Crippen LogP contribution in [-0.4, -0.2) is 112 Å². The summed E-state index contributed by atoms with van der Waals surface area (Å²) in [6.07, 6.45) is -5.35. The van der Waals surface area contributed by atoms with Gasteiger partial charge in [-0.2, -0.15) is 28.0 Å². The first-order chi connectivity index (χ1) is 37.3.